The first-order valence-electron chi connectivity index (χ1n) is 7.25. The van der Waals surface area contributed by atoms with E-state index in [1.54, 1.807) is 18.0 Å². The van der Waals surface area contributed by atoms with Gasteiger partial charge in [-0.15, -0.1) is 0 Å². The molecule has 0 saturated heterocycles. The third-order valence-corrected chi connectivity index (χ3v) is 4.49. The van der Waals surface area contributed by atoms with E-state index in [9.17, 15) is 4.79 Å². The normalized spacial score (nSPS) is 18.9. The Hall–Kier alpha value is -1.14. The number of esters is 1. The third kappa shape index (κ3) is 4.68. The van der Waals surface area contributed by atoms with Gasteiger partial charge in [0.2, 0.25) is 0 Å². The molecule has 1 aromatic heterocycles. The van der Waals surface area contributed by atoms with Gasteiger partial charge in [-0.1, -0.05) is 18.7 Å². The fraction of sp³-hybridized carbons (Fsp3) is 0.667. The number of aryl methyl sites for hydroxylation is 1. The topological polar surface area (TPSA) is 64.1 Å². The molecule has 2 atom stereocenters. The van der Waals surface area contributed by atoms with E-state index >= 15 is 0 Å². The molecule has 0 radical (unpaired) electrons. The SMILES string of the molecule is COC(=O)C(C)(CC(C)Sc1nccc(C)n1)NC1CC1. The predicted octanol–water partition coefficient (Wildman–Crippen LogP) is 2.34. The monoisotopic (exact) mass is 309 g/mol. The first-order chi connectivity index (χ1) is 9.93. The van der Waals surface area contributed by atoms with E-state index in [-0.39, 0.29) is 11.2 Å². The molecule has 1 N–H and O–H groups in total. The molecule has 0 spiro atoms. The molecular weight excluding hydrogens is 286 g/mol. The molecule has 0 bridgehead atoms. The van der Waals surface area contributed by atoms with Gasteiger partial charge in [0.05, 0.1) is 7.11 Å². The molecular formula is C15H23N3O2S. The van der Waals surface area contributed by atoms with Gasteiger partial charge in [-0.05, 0) is 39.2 Å². The van der Waals surface area contributed by atoms with Crippen LogP contribution < -0.4 is 5.32 Å². The van der Waals surface area contributed by atoms with Crippen molar-refractivity contribution in [3.05, 3.63) is 18.0 Å². The van der Waals surface area contributed by atoms with Crippen molar-refractivity contribution >= 4 is 17.7 Å². The second kappa shape index (κ2) is 6.75. The summed E-state index contributed by atoms with van der Waals surface area (Å²) in [6.07, 6.45) is 4.71. The molecule has 1 aromatic rings. The Balaban J connectivity index is 2.00. The maximum absolute atomic E-state index is 12.1. The molecule has 2 rings (SSSR count). The van der Waals surface area contributed by atoms with Crippen LogP contribution in [-0.4, -0.2) is 39.9 Å². The Kier molecular flexibility index (Phi) is 5.22. The van der Waals surface area contributed by atoms with Crippen LogP contribution in [0.1, 0.15) is 38.8 Å². The first kappa shape index (κ1) is 16.2. The Morgan fingerprint density at radius 1 is 1.62 bits per heavy atom. The minimum absolute atomic E-state index is 0.202. The lowest BCUT2D eigenvalue weighted by Crippen LogP contribution is -2.52. The Labute approximate surface area is 130 Å². The van der Waals surface area contributed by atoms with Crippen LogP contribution in [-0.2, 0) is 9.53 Å². The van der Waals surface area contributed by atoms with Gasteiger partial charge in [0.25, 0.3) is 0 Å². The number of ether oxygens (including phenoxy) is 1. The van der Waals surface area contributed by atoms with Gasteiger partial charge in [-0.3, -0.25) is 10.1 Å². The average molecular weight is 309 g/mol. The van der Waals surface area contributed by atoms with Crippen LogP contribution in [0.5, 0.6) is 0 Å². The number of hydrogen-bond acceptors (Lipinski definition) is 6. The van der Waals surface area contributed by atoms with Crippen LogP contribution in [0.15, 0.2) is 17.4 Å². The highest BCUT2D eigenvalue weighted by Crippen LogP contribution is 2.30. The second-order valence-corrected chi connectivity index (χ2v) is 7.26. The van der Waals surface area contributed by atoms with Crippen molar-refractivity contribution in [1.82, 2.24) is 15.3 Å². The van der Waals surface area contributed by atoms with Crippen molar-refractivity contribution in [2.75, 3.05) is 7.11 Å². The van der Waals surface area contributed by atoms with Crippen molar-refractivity contribution in [2.45, 2.75) is 62.0 Å². The Morgan fingerprint density at radius 3 is 2.90 bits per heavy atom. The highest BCUT2D eigenvalue weighted by molar-refractivity contribution is 7.99. The van der Waals surface area contributed by atoms with E-state index < -0.39 is 5.54 Å². The number of hydrogen-bond donors (Lipinski definition) is 1. The molecule has 1 heterocycles. The summed E-state index contributed by atoms with van der Waals surface area (Å²) < 4.78 is 4.97. The zero-order valence-electron chi connectivity index (χ0n) is 13.0. The highest BCUT2D eigenvalue weighted by Gasteiger charge is 2.40. The van der Waals surface area contributed by atoms with Crippen molar-refractivity contribution in [3.63, 3.8) is 0 Å². The predicted molar refractivity (Wildman–Crippen MR) is 83.3 cm³/mol. The lowest BCUT2D eigenvalue weighted by atomic mass is 9.96. The maximum Gasteiger partial charge on any atom is 0.325 e. The Bertz CT molecular complexity index is 507. The van der Waals surface area contributed by atoms with Gasteiger partial charge in [-0.2, -0.15) is 0 Å². The van der Waals surface area contributed by atoms with Crippen molar-refractivity contribution in [1.29, 1.82) is 0 Å². The third-order valence-electron chi connectivity index (χ3n) is 3.51. The molecule has 116 valence electrons. The molecule has 1 aliphatic carbocycles. The van der Waals surface area contributed by atoms with E-state index in [0.29, 0.717) is 12.5 Å². The smallest absolute Gasteiger partial charge is 0.325 e. The second-order valence-electron chi connectivity index (χ2n) is 5.86. The lowest BCUT2D eigenvalue weighted by Gasteiger charge is -2.30. The molecule has 0 amide bonds. The summed E-state index contributed by atoms with van der Waals surface area (Å²) in [5, 5.41) is 4.38. The van der Waals surface area contributed by atoms with Gasteiger partial charge in [0.1, 0.15) is 5.54 Å². The highest BCUT2D eigenvalue weighted by atomic mass is 32.2. The number of carbonyl (C=O) groups is 1. The number of carbonyl (C=O) groups excluding carboxylic acids is 1. The molecule has 1 saturated carbocycles. The molecule has 5 nitrogen and oxygen atoms in total. The van der Waals surface area contributed by atoms with Crippen LogP contribution in [0.3, 0.4) is 0 Å². The summed E-state index contributed by atoms with van der Waals surface area (Å²) in [5.74, 6) is -0.202. The molecule has 0 aliphatic heterocycles. The van der Waals surface area contributed by atoms with E-state index in [1.165, 1.54) is 7.11 Å². The number of nitrogens with one attached hydrogen (secondary N) is 1. The number of rotatable bonds is 7. The van der Waals surface area contributed by atoms with E-state index in [2.05, 4.69) is 22.2 Å². The zero-order valence-corrected chi connectivity index (χ0v) is 13.9. The summed E-state index contributed by atoms with van der Waals surface area (Å²) in [6, 6.07) is 2.32. The maximum atomic E-state index is 12.1. The van der Waals surface area contributed by atoms with Gasteiger partial charge in [0.15, 0.2) is 5.16 Å². The molecule has 6 heteroatoms. The summed E-state index contributed by atoms with van der Waals surface area (Å²) in [6.45, 7) is 5.96. The summed E-state index contributed by atoms with van der Waals surface area (Å²) >= 11 is 1.59. The van der Waals surface area contributed by atoms with Gasteiger partial charge in [-0.25, -0.2) is 9.97 Å². The lowest BCUT2D eigenvalue weighted by molar-refractivity contribution is -0.148. The largest absolute Gasteiger partial charge is 0.468 e. The molecule has 2 unspecified atom stereocenters. The summed E-state index contributed by atoms with van der Waals surface area (Å²) in [5.41, 5.74) is 0.304. The van der Waals surface area contributed by atoms with Gasteiger partial charge < -0.3 is 4.74 Å². The van der Waals surface area contributed by atoms with E-state index in [1.807, 2.05) is 19.9 Å². The number of methoxy groups -OCH3 is 1. The zero-order chi connectivity index (χ0) is 15.5. The van der Waals surface area contributed by atoms with Crippen molar-refractivity contribution in [2.24, 2.45) is 0 Å². The minimum Gasteiger partial charge on any atom is -0.468 e. The fourth-order valence-electron chi connectivity index (χ4n) is 2.38. The van der Waals surface area contributed by atoms with Crippen LogP contribution in [0.25, 0.3) is 0 Å². The van der Waals surface area contributed by atoms with Crippen LogP contribution in [0.2, 0.25) is 0 Å². The van der Waals surface area contributed by atoms with E-state index in [4.69, 9.17) is 4.74 Å². The number of aromatic nitrogens is 2. The number of thioether (sulfide) groups is 1. The standard InChI is InChI=1S/C15H23N3O2S/c1-10-7-8-16-14(17-10)21-11(2)9-15(3,13(19)20-4)18-12-5-6-12/h7-8,11-12,18H,5-6,9H2,1-4H3. The van der Waals surface area contributed by atoms with E-state index in [0.717, 1.165) is 23.7 Å². The summed E-state index contributed by atoms with van der Waals surface area (Å²) in [4.78, 5) is 20.8. The van der Waals surface area contributed by atoms with Crippen molar-refractivity contribution < 1.29 is 9.53 Å². The van der Waals surface area contributed by atoms with Gasteiger partial charge in [0, 0.05) is 23.2 Å². The van der Waals surface area contributed by atoms with Crippen LogP contribution in [0.4, 0.5) is 0 Å². The van der Waals surface area contributed by atoms with Gasteiger partial charge >= 0.3 is 5.97 Å². The molecule has 1 fully saturated rings. The first-order valence-corrected chi connectivity index (χ1v) is 8.13. The minimum atomic E-state index is -0.647. The Morgan fingerprint density at radius 2 is 2.33 bits per heavy atom. The summed E-state index contributed by atoms with van der Waals surface area (Å²) in [7, 11) is 1.44. The molecule has 0 aromatic carbocycles. The number of nitrogens with zero attached hydrogens (tertiary/aromatic N) is 2. The molecule has 1 aliphatic rings. The fourth-order valence-corrected chi connectivity index (χ4v) is 3.48. The molecule has 21 heavy (non-hydrogen) atoms. The van der Waals surface area contributed by atoms with Crippen LogP contribution >= 0.6 is 11.8 Å². The quantitative estimate of drug-likeness (QED) is 0.474. The average Bonchev–Trinajstić information content (AvgIpc) is 3.21. The van der Waals surface area contributed by atoms with Crippen molar-refractivity contribution in [3.8, 4) is 0 Å². The van der Waals surface area contributed by atoms with Crippen LogP contribution in [0, 0.1) is 6.92 Å².